The molecular weight excluding hydrogens is 248 g/mol. The van der Waals surface area contributed by atoms with Crippen molar-refractivity contribution >= 4 is 0 Å². The van der Waals surface area contributed by atoms with E-state index in [0.29, 0.717) is 6.54 Å². The lowest BCUT2D eigenvalue weighted by Gasteiger charge is -2.17. The number of nitriles is 1. The van der Waals surface area contributed by atoms with Gasteiger partial charge < -0.3 is 4.57 Å². The molecular formula is C17H18N2O. The molecule has 102 valence electrons. The molecule has 0 aliphatic carbocycles. The highest BCUT2D eigenvalue weighted by atomic mass is 16.1. The summed E-state index contributed by atoms with van der Waals surface area (Å²) in [6.07, 6.45) is 0. The predicted octanol–water partition coefficient (Wildman–Crippen LogP) is 3.20. The molecule has 0 saturated heterocycles. The standard InChI is InChI=1S/C17H18N2O/c1-12(2)16-9-8-14(10-18)17(20)19(16)11-15-7-5-4-6-13(15)3/h4-9,12H,11H2,1-3H3. The van der Waals surface area contributed by atoms with E-state index in [9.17, 15) is 4.79 Å². The third-order valence-electron chi connectivity index (χ3n) is 3.51. The van der Waals surface area contributed by atoms with Crippen LogP contribution in [-0.4, -0.2) is 4.57 Å². The van der Waals surface area contributed by atoms with E-state index in [1.807, 2.05) is 43.3 Å². The van der Waals surface area contributed by atoms with Crippen LogP contribution in [0.25, 0.3) is 0 Å². The van der Waals surface area contributed by atoms with Crippen LogP contribution in [0.5, 0.6) is 0 Å². The summed E-state index contributed by atoms with van der Waals surface area (Å²) in [7, 11) is 0. The van der Waals surface area contributed by atoms with Gasteiger partial charge in [0.15, 0.2) is 0 Å². The lowest BCUT2D eigenvalue weighted by Crippen LogP contribution is -2.27. The smallest absolute Gasteiger partial charge is 0.268 e. The van der Waals surface area contributed by atoms with Crippen molar-refractivity contribution < 1.29 is 0 Å². The Kier molecular flexibility index (Phi) is 4.05. The molecule has 3 nitrogen and oxygen atoms in total. The second-order valence-corrected chi connectivity index (χ2v) is 5.26. The summed E-state index contributed by atoms with van der Waals surface area (Å²) in [6.45, 7) is 6.64. The average Bonchev–Trinajstić information content (AvgIpc) is 2.43. The number of aryl methyl sites for hydroxylation is 1. The second kappa shape index (κ2) is 5.75. The fourth-order valence-electron chi connectivity index (χ4n) is 2.30. The monoisotopic (exact) mass is 266 g/mol. The summed E-state index contributed by atoms with van der Waals surface area (Å²) in [5, 5.41) is 9.03. The largest absolute Gasteiger partial charge is 0.307 e. The van der Waals surface area contributed by atoms with Crippen molar-refractivity contribution in [2.75, 3.05) is 0 Å². The molecule has 1 heterocycles. The van der Waals surface area contributed by atoms with Crippen LogP contribution in [0, 0.1) is 18.3 Å². The number of benzene rings is 1. The van der Waals surface area contributed by atoms with E-state index in [1.165, 1.54) is 0 Å². The van der Waals surface area contributed by atoms with Crippen LogP contribution in [0.1, 0.15) is 42.1 Å². The van der Waals surface area contributed by atoms with E-state index in [0.717, 1.165) is 16.8 Å². The fraction of sp³-hybridized carbons (Fsp3) is 0.294. The lowest BCUT2D eigenvalue weighted by atomic mass is 10.1. The molecule has 2 aromatic rings. The summed E-state index contributed by atoms with van der Waals surface area (Å²) >= 11 is 0. The lowest BCUT2D eigenvalue weighted by molar-refractivity contribution is 0.655. The number of hydrogen-bond acceptors (Lipinski definition) is 2. The van der Waals surface area contributed by atoms with E-state index in [2.05, 4.69) is 13.8 Å². The van der Waals surface area contributed by atoms with E-state index in [4.69, 9.17) is 5.26 Å². The van der Waals surface area contributed by atoms with Crippen LogP contribution in [0.3, 0.4) is 0 Å². The highest BCUT2D eigenvalue weighted by molar-refractivity contribution is 5.31. The molecule has 1 aromatic heterocycles. The summed E-state index contributed by atoms with van der Waals surface area (Å²) in [6, 6.07) is 13.5. The van der Waals surface area contributed by atoms with Crippen LogP contribution in [0.2, 0.25) is 0 Å². The Morgan fingerprint density at radius 3 is 2.50 bits per heavy atom. The van der Waals surface area contributed by atoms with Gasteiger partial charge in [-0.15, -0.1) is 0 Å². The summed E-state index contributed by atoms with van der Waals surface area (Å²) < 4.78 is 1.71. The van der Waals surface area contributed by atoms with Crippen LogP contribution in [0.4, 0.5) is 0 Å². The molecule has 0 fully saturated rings. The molecule has 0 amide bonds. The minimum Gasteiger partial charge on any atom is -0.307 e. The van der Waals surface area contributed by atoms with Crippen LogP contribution in [0.15, 0.2) is 41.2 Å². The van der Waals surface area contributed by atoms with Gasteiger partial charge in [-0.2, -0.15) is 5.26 Å². The average molecular weight is 266 g/mol. The number of hydrogen-bond donors (Lipinski definition) is 0. The second-order valence-electron chi connectivity index (χ2n) is 5.26. The molecule has 0 N–H and O–H groups in total. The van der Waals surface area contributed by atoms with Gasteiger partial charge >= 0.3 is 0 Å². The molecule has 20 heavy (non-hydrogen) atoms. The molecule has 0 atom stereocenters. The van der Waals surface area contributed by atoms with Crippen LogP contribution < -0.4 is 5.56 Å². The molecule has 0 unspecified atom stereocenters. The van der Waals surface area contributed by atoms with Gasteiger partial charge in [-0.1, -0.05) is 38.1 Å². The first-order valence-corrected chi connectivity index (χ1v) is 6.73. The Morgan fingerprint density at radius 2 is 1.90 bits per heavy atom. The number of pyridine rings is 1. The topological polar surface area (TPSA) is 45.8 Å². The Morgan fingerprint density at radius 1 is 1.20 bits per heavy atom. The molecule has 0 aliphatic rings. The highest BCUT2D eigenvalue weighted by Gasteiger charge is 2.12. The summed E-state index contributed by atoms with van der Waals surface area (Å²) in [4.78, 5) is 12.4. The van der Waals surface area contributed by atoms with Gasteiger partial charge in [0.25, 0.3) is 5.56 Å². The van der Waals surface area contributed by atoms with E-state index in [-0.39, 0.29) is 17.0 Å². The molecule has 0 radical (unpaired) electrons. The molecule has 0 aliphatic heterocycles. The van der Waals surface area contributed by atoms with Gasteiger partial charge in [0.2, 0.25) is 0 Å². The van der Waals surface area contributed by atoms with Gasteiger partial charge in [0, 0.05) is 5.69 Å². The van der Waals surface area contributed by atoms with Crippen LogP contribution >= 0.6 is 0 Å². The van der Waals surface area contributed by atoms with E-state index < -0.39 is 0 Å². The van der Waals surface area contributed by atoms with Crippen molar-refractivity contribution in [2.24, 2.45) is 0 Å². The Labute approximate surface area is 119 Å². The summed E-state index contributed by atoms with van der Waals surface area (Å²) in [5.41, 5.74) is 3.20. The predicted molar refractivity (Wildman–Crippen MR) is 79.8 cm³/mol. The molecule has 0 bridgehead atoms. The zero-order valence-electron chi connectivity index (χ0n) is 12.1. The number of nitrogens with zero attached hydrogens (tertiary/aromatic N) is 2. The van der Waals surface area contributed by atoms with E-state index in [1.54, 1.807) is 10.6 Å². The zero-order chi connectivity index (χ0) is 14.7. The molecule has 2 rings (SSSR count). The number of aromatic nitrogens is 1. The number of rotatable bonds is 3. The van der Waals surface area contributed by atoms with Gasteiger partial charge in [-0.25, -0.2) is 0 Å². The third-order valence-corrected chi connectivity index (χ3v) is 3.51. The minimum atomic E-state index is -0.207. The molecule has 3 heteroatoms. The highest BCUT2D eigenvalue weighted by Crippen LogP contribution is 2.16. The van der Waals surface area contributed by atoms with Crippen LogP contribution in [-0.2, 0) is 6.54 Å². The van der Waals surface area contributed by atoms with Crippen molar-refractivity contribution in [3.8, 4) is 6.07 Å². The normalized spacial score (nSPS) is 10.6. The third kappa shape index (κ3) is 2.65. The van der Waals surface area contributed by atoms with Gasteiger partial charge in [0.05, 0.1) is 6.54 Å². The first kappa shape index (κ1) is 14.1. The Balaban J connectivity index is 2.58. The van der Waals surface area contributed by atoms with Crippen molar-refractivity contribution in [3.05, 3.63) is 69.1 Å². The first-order valence-electron chi connectivity index (χ1n) is 6.73. The van der Waals surface area contributed by atoms with E-state index >= 15 is 0 Å². The minimum absolute atomic E-state index is 0.197. The van der Waals surface area contributed by atoms with Gasteiger partial charge in [-0.3, -0.25) is 4.79 Å². The first-order chi connectivity index (χ1) is 9.54. The van der Waals surface area contributed by atoms with Crippen molar-refractivity contribution in [1.29, 1.82) is 5.26 Å². The molecule has 1 aromatic carbocycles. The summed E-state index contributed by atoms with van der Waals surface area (Å²) in [5.74, 6) is 0.236. The Bertz CT molecular complexity index is 721. The zero-order valence-corrected chi connectivity index (χ0v) is 12.1. The maximum absolute atomic E-state index is 12.4. The van der Waals surface area contributed by atoms with Crippen molar-refractivity contribution in [1.82, 2.24) is 4.57 Å². The van der Waals surface area contributed by atoms with Crippen molar-refractivity contribution in [3.63, 3.8) is 0 Å². The SMILES string of the molecule is Cc1ccccc1Cn1c(C(C)C)ccc(C#N)c1=O. The maximum atomic E-state index is 12.4. The van der Waals surface area contributed by atoms with Gasteiger partial charge in [0.1, 0.15) is 11.6 Å². The van der Waals surface area contributed by atoms with Gasteiger partial charge in [-0.05, 0) is 36.1 Å². The Hall–Kier alpha value is -2.34. The quantitative estimate of drug-likeness (QED) is 0.856. The molecule has 0 spiro atoms. The maximum Gasteiger partial charge on any atom is 0.268 e. The van der Waals surface area contributed by atoms with Crippen molar-refractivity contribution in [2.45, 2.75) is 33.2 Å². The molecule has 0 saturated carbocycles. The fourth-order valence-corrected chi connectivity index (χ4v) is 2.30.